The average Bonchev–Trinajstić information content (AvgIpc) is 2.49. The first-order valence-electron chi connectivity index (χ1n) is 7.34. The van der Waals surface area contributed by atoms with Crippen molar-refractivity contribution in [3.63, 3.8) is 0 Å². The molecule has 0 aromatic heterocycles. The monoisotopic (exact) mass is 343 g/mol. The van der Waals surface area contributed by atoms with Crippen molar-refractivity contribution in [3.8, 4) is 11.5 Å². The second-order valence-electron chi connectivity index (χ2n) is 5.26. The van der Waals surface area contributed by atoms with Crippen LogP contribution in [0.4, 0.5) is 0 Å². The van der Waals surface area contributed by atoms with Gasteiger partial charge >= 0.3 is 5.97 Å². The molecule has 0 bridgehead atoms. The lowest BCUT2D eigenvalue weighted by atomic mass is 10.1. The fourth-order valence-corrected chi connectivity index (χ4v) is 2.25. The van der Waals surface area contributed by atoms with Gasteiger partial charge in [-0.3, -0.25) is 9.59 Å². The summed E-state index contributed by atoms with van der Waals surface area (Å²) in [6, 6.07) is 2.71. The van der Waals surface area contributed by atoms with Crippen molar-refractivity contribution < 1.29 is 24.2 Å². The minimum absolute atomic E-state index is 0.250. The van der Waals surface area contributed by atoms with Crippen LogP contribution in [0.5, 0.6) is 11.5 Å². The molecule has 1 aromatic carbocycles. The maximum atomic E-state index is 12.6. The Morgan fingerprint density at radius 3 is 2.48 bits per heavy atom. The third kappa shape index (κ3) is 5.03. The summed E-state index contributed by atoms with van der Waals surface area (Å²) in [6.07, 6.45) is 0.805. The number of hydrogen-bond donors (Lipinski definition) is 1. The van der Waals surface area contributed by atoms with Crippen LogP contribution in [-0.2, 0) is 4.79 Å². The van der Waals surface area contributed by atoms with Gasteiger partial charge in [-0.05, 0) is 32.4 Å². The molecule has 0 aliphatic heterocycles. The number of amides is 1. The molecule has 0 radical (unpaired) electrons. The molecule has 1 rings (SSSR count). The van der Waals surface area contributed by atoms with Crippen molar-refractivity contribution in [2.45, 2.75) is 33.2 Å². The Morgan fingerprint density at radius 1 is 1.35 bits per heavy atom. The molecule has 1 amide bonds. The Kier molecular flexibility index (Phi) is 7.16. The number of rotatable bonds is 8. The third-order valence-electron chi connectivity index (χ3n) is 3.12. The number of ether oxygens (including phenoxy) is 2. The number of carboxylic acid groups (broad SMARTS) is 1. The second-order valence-corrected chi connectivity index (χ2v) is 5.67. The molecule has 0 spiro atoms. The van der Waals surface area contributed by atoms with Gasteiger partial charge in [0.15, 0.2) is 11.5 Å². The van der Waals surface area contributed by atoms with Crippen molar-refractivity contribution >= 4 is 23.5 Å². The van der Waals surface area contributed by atoms with Crippen LogP contribution < -0.4 is 9.47 Å². The Hall–Kier alpha value is -1.95. The van der Waals surface area contributed by atoms with Crippen molar-refractivity contribution in [2.24, 2.45) is 0 Å². The number of nitrogens with zero attached hydrogens (tertiary/aromatic N) is 1. The molecule has 128 valence electrons. The highest BCUT2D eigenvalue weighted by molar-refractivity contribution is 6.32. The van der Waals surface area contributed by atoms with Gasteiger partial charge < -0.3 is 19.5 Å². The molecule has 0 saturated carbocycles. The van der Waals surface area contributed by atoms with Gasteiger partial charge in [0.2, 0.25) is 0 Å². The van der Waals surface area contributed by atoms with Crippen LogP contribution in [0.25, 0.3) is 0 Å². The Bertz CT molecular complexity index is 574. The molecule has 7 heteroatoms. The Morgan fingerprint density at radius 2 is 2.00 bits per heavy atom. The van der Waals surface area contributed by atoms with Crippen molar-refractivity contribution in [2.75, 3.05) is 20.3 Å². The van der Waals surface area contributed by atoms with E-state index in [1.807, 2.05) is 6.92 Å². The number of halogens is 1. The highest BCUT2D eigenvalue weighted by Gasteiger charge is 2.24. The summed E-state index contributed by atoms with van der Waals surface area (Å²) in [4.78, 5) is 24.8. The topological polar surface area (TPSA) is 76.1 Å². The van der Waals surface area contributed by atoms with E-state index in [4.69, 9.17) is 26.2 Å². The third-order valence-corrected chi connectivity index (χ3v) is 3.40. The van der Waals surface area contributed by atoms with E-state index in [1.54, 1.807) is 13.8 Å². The fourth-order valence-electron chi connectivity index (χ4n) is 1.99. The van der Waals surface area contributed by atoms with Crippen molar-refractivity contribution in [3.05, 3.63) is 22.7 Å². The summed E-state index contributed by atoms with van der Waals surface area (Å²) in [6.45, 7) is 5.55. The molecular weight excluding hydrogens is 322 g/mol. The van der Waals surface area contributed by atoms with Gasteiger partial charge in [-0.1, -0.05) is 18.5 Å². The maximum Gasteiger partial charge on any atom is 0.323 e. The van der Waals surface area contributed by atoms with Crippen LogP contribution >= 0.6 is 11.6 Å². The molecular formula is C16H22ClNO5. The fraction of sp³-hybridized carbons (Fsp3) is 0.500. The summed E-state index contributed by atoms with van der Waals surface area (Å²) in [5.41, 5.74) is 0.255. The molecule has 0 fully saturated rings. The largest absolute Gasteiger partial charge is 0.493 e. The predicted molar refractivity (Wildman–Crippen MR) is 87.6 cm³/mol. The normalized spacial score (nSPS) is 10.5. The highest BCUT2D eigenvalue weighted by atomic mass is 35.5. The summed E-state index contributed by atoms with van der Waals surface area (Å²) < 4.78 is 10.8. The van der Waals surface area contributed by atoms with E-state index in [2.05, 4.69) is 0 Å². The van der Waals surface area contributed by atoms with E-state index < -0.39 is 11.9 Å². The molecule has 6 nitrogen and oxygen atoms in total. The molecule has 0 aliphatic rings. The Labute approximate surface area is 140 Å². The van der Waals surface area contributed by atoms with Gasteiger partial charge in [-0.15, -0.1) is 0 Å². The van der Waals surface area contributed by atoms with E-state index >= 15 is 0 Å². The van der Waals surface area contributed by atoms with Gasteiger partial charge in [0.1, 0.15) is 6.54 Å². The SMILES string of the molecule is CCCOc1c(Cl)cc(C(=O)N(CC(=O)O)C(C)C)cc1OC. The van der Waals surface area contributed by atoms with Crippen molar-refractivity contribution in [1.82, 2.24) is 4.90 Å². The van der Waals surface area contributed by atoms with E-state index in [0.29, 0.717) is 18.1 Å². The lowest BCUT2D eigenvalue weighted by molar-refractivity contribution is -0.138. The standard InChI is InChI=1S/C16H22ClNO5/c1-5-6-23-15-12(17)7-11(8-13(15)22-4)16(21)18(10(2)3)9-14(19)20/h7-8,10H,5-6,9H2,1-4H3,(H,19,20). The van der Waals surface area contributed by atoms with Gasteiger partial charge in [-0.2, -0.15) is 0 Å². The van der Waals surface area contributed by atoms with Crippen LogP contribution in [0.1, 0.15) is 37.6 Å². The second kappa shape index (κ2) is 8.62. The number of carbonyl (C=O) groups is 2. The molecule has 0 heterocycles. The average molecular weight is 344 g/mol. The van der Waals surface area contributed by atoms with Crippen LogP contribution in [0.3, 0.4) is 0 Å². The van der Waals surface area contributed by atoms with Gasteiger partial charge in [0, 0.05) is 11.6 Å². The number of carboxylic acids is 1. The zero-order valence-electron chi connectivity index (χ0n) is 13.8. The first kappa shape index (κ1) is 19.1. The first-order valence-corrected chi connectivity index (χ1v) is 7.72. The van der Waals surface area contributed by atoms with E-state index in [1.165, 1.54) is 24.1 Å². The zero-order chi connectivity index (χ0) is 17.6. The smallest absolute Gasteiger partial charge is 0.323 e. The van der Waals surface area contributed by atoms with Crippen LogP contribution in [0.15, 0.2) is 12.1 Å². The van der Waals surface area contributed by atoms with Gasteiger partial charge in [-0.25, -0.2) is 0 Å². The molecule has 0 saturated heterocycles. The highest BCUT2D eigenvalue weighted by Crippen LogP contribution is 2.37. The molecule has 0 aliphatic carbocycles. The summed E-state index contributed by atoms with van der Waals surface area (Å²) >= 11 is 6.19. The van der Waals surface area contributed by atoms with Crippen LogP contribution in [0.2, 0.25) is 5.02 Å². The minimum atomic E-state index is -1.08. The van der Waals surface area contributed by atoms with Crippen LogP contribution in [-0.4, -0.2) is 48.2 Å². The van der Waals surface area contributed by atoms with Crippen LogP contribution in [0, 0.1) is 0 Å². The first-order chi connectivity index (χ1) is 10.8. The number of methoxy groups -OCH3 is 1. The van der Waals surface area contributed by atoms with E-state index in [9.17, 15) is 9.59 Å². The number of carbonyl (C=O) groups excluding carboxylic acids is 1. The minimum Gasteiger partial charge on any atom is -0.493 e. The van der Waals surface area contributed by atoms with Gasteiger partial charge in [0.05, 0.1) is 18.7 Å². The zero-order valence-corrected chi connectivity index (χ0v) is 14.5. The molecule has 0 atom stereocenters. The molecule has 1 aromatic rings. The number of hydrogen-bond acceptors (Lipinski definition) is 4. The molecule has 1 N–H and O–H groups in total. The summed E-state index contributed by atoms with van der Waals surface area (Å²) in [5.74, 6) is -0.784. The van der Waals surface area contributed by atoms with Gasteiger partial charge in [0.25, 0.3) is 5.91 Å². The summed E-state index contributed by atoms with van der Waals surface area (Å²) in [7, 11) is 1.45. The Balaban J connectivity index is 3.18. The molecule has 23 heavy (non-hydrogen) atoms. The quantitative estimate of drug-likeness (QED) is 0.785. The summed E-state index contributed by atoms with van der Waals surface area (Å²) in [5, 5.41) is 9.21. The van der Waals surface area contributed by atoms with E-state index in [0.717, 1.165) is 6.42 Å². The van der Waals surface area contributed by atoms with Crippen molar-refractivity contribution in [1.29, 1.82) is 0 Å². The maximum absolute atomic E-state index is 12.6. The lowest BCUT2D eigenvalue weighted by Crippen LogP contribution is -2.40. The lowest BCUT2D eigenvalue weighted by Gasteiger charge is -2.25. The number of aliphatic carboxylic acids is 1. The number of benzene rings is 1. The molecule has 0 unspecified atom stereocenters. The van der Waals surface area contributed by atoms with E-state index in [-0.39, 0.29) is 23.2 Å². The predicted octanol–water partition coefficient (Wildman–Crippen LogP) is 3.07.